The first-order valence-electron chi connectivity index (χ1n) is 8.55. The summed E-state index contributed by atoms with van der Waals surface area (Å²) < 4.78 is 17.9. The molecule has 3 rings (SSSR count). The molecule has 0 radical (unpaired) electrons. The van der Waals surface area contributed by atoms with Crippen molar-refractivity contribution in [2.24, 2.45) is 0 Å². The fourth-order valence-corrected chi connectivity index (χ4v) is 2.71. The Hall–Kier alpha value is -2.96. The Morgan fingerprint density at radius 3 is 2.88 bits per heavy atom. The van der Waals surface area contributed by atoms with E-state index in [9.17, 15) is 9.59 Å². The predicted octanol–water partition coefficient (Wildman–Crippen LogP) is 1.86. The maximum Gasteiger partial charge on any atom is 0.260 e. The van der Waals surface area contributed by atoms with E-state index in [0.29, 0.717) is 36.8 Å². The van der Waals surface area contributed by atoms with Crippen molar-refractivity contribution in [1.82, 2.24) is 9.88 Å². The van der Waals surface area contributed by atoms with Crippen LogP contribution in [-0.2, 0) is 11.3 Å². The first-order valence-corrected chi connectivity index (χ1v) is 8.55. The SMILES string of the molecule is Cc1cccc(=O)n1CCCNC(=O)[C@H](C)Oc1ccc2c(c1)OCO2. The number of nitrogens with zero attached hydrogens (tertiary/aromatic N) is 1. The number of benzene rings is 1. The molecule has 0 fully saturated rings. The average molecular weight is 358 g/mol. The molecule has 7 heteroatoms. The molecule has 2 aromatic rings. The molecule has 138 valence electrons. The van der Waals surface area contributed by atoms with Crippen molar-refractivity contribution in [3.63, 3.8) is 0 Å². The molecule has 1 aromatic carbocycles. The predicted molar refractivity (Wildman–Crippen MR) is 95.7 cm³/mol. The van der Waals surface area contributed by atoms with Crippen LogP contribution >= 0.6 is 0 Å². The van der Waals surface area contributed by atoms with Crippen LogP contribution in [0.2, 0.25) is 0 Å². The van der Waals surface area contributed by atoms with Crippen LogP contribution in [0.25, 0.3) is 0 Å². The van der Waals surface area contributed by atoms with Crippen molar-refractivity contribution in [3.05, 3.63) is 52.4 Å². The lowest BCUT2D eigenvalue weighted by atomic mass is 10.3. The van der Waals surface area contributed by atoms with E-state index in [-0.39, 0.29) is 18.3 Å². The van der Waals surface area contributed by atoms with Gasteiger partial charge in [-0.2, -0.15) is 0 Å². The number of hydrogen-bond donors (Lipinski definition) is 1. The van der Waals surface area contributed by atoms with E-state index in [0.717, 1.165) is 5.69 Å². The summed E-state index contributed by atoms with van der Waals surface area (Å²) in [5.74, 6) is 1.61. The molecule has 2 heterocycles. The number of amides is 1. The Kier molecular flexibility index (Phi) is 5.46. The molecule has 1 N–H and O–H groups in total. The Balaban J connectivity index is 1.45. The van der Waals surface area contributed by atoms with Gasteiger partial charge in [-0.3, -0.25) is 9.59 Å². The Labute approximate surface area is 151 Å². The van der Waals surface area contributed by atoms with Gasteiger partial charge in [-0.1, -0.05) is 6.07 Å². The smallest absolute Gasteiger partial charge is 0.260 e. The van der Waals surface area contributed by atoms with Crippen LogP contribution < -0.4 is 25.1 Å². The van der Waals surface area contributed by atoms with Crippen molar-refractivity contribution in [2.45, 2.75) is 32.9 Å². The van der Waals surface area contributed by atoms with E-state index in [4.69, 9.17) is 14.2 Å². The van der Waals surface area contributed by atoms with Crippen LogP contribution in [-0.4, -0.2) is 29.9 Å². The van der Waals surface area contributed by atoms with Gasteiger partial charge in [0.2, 0.25) is 6.79 Å². The van der Waals surface area contributed by atoms with Crippen LogP contribution in [0.1, 0.15) is 19.0 Å². The van der Waals surface area contributed by atoms with Crippen LogP contribution in [0.15, 0.2) is 41.2 Å². The van der Waals surface area contributed by atoms with E-state index < -0.39 is 6.10 Å². The van der Waals surface area contributed by atoms with E-state index >= 15 is 0 Å². The Morgan fingerprint density at radius 2 is 2.08 bits per heavy atom. The third kappa shape index (κ3) is 4.17. The van der Waals surface area contributed by atoms with Gasteiger partial charge >= 0.3 is 0 Å². The van der Waals surface area contributed by atoms with Gasteiger partial charge in [0.05, 0.1) is 0 Å². The van der Waals surface area contributed by atoms with Gasteiger partial charge in [0, 0.05) is 30.9 Å². The summed E-state index contributed by atoms with van der Waals surface area (Å²) in [6, 6.07) is 10.4. The normalized spacial score (nSPS) is 13.3. The quantitative estimate of drug-likeness (QED) is 0.765. The minimum Gasteiger partial charge on any atom is -0.481 e. The fourth-order valence-electron chi connectivity index (χ4n) is 2.71. The molecular formula is C19H22N2O5. The molecule has 26 heavy (non-hydrogen) atoms. The highest BCUT2D eigenvalue weighted by molar-refractivity contribution is 5.80. The summed E-state index contributed by atoms with van der Waals surface area (Å²) in [5, 5.41) is 2.83. The van der Waals surface area contributed by atoms with Crippen molar-refractivity contribution in [3.8, 4) is 17.2 Å². The maximum atomic E-state index is 12.2. The number of ether oxygens (including phenoxy) is 3. The summed E-state index contributed by atoms with van der Waals surface area (Å²) in [6.45, 7) is 4.80. The summed E-state index contributed by atoms with van der Waals surface area (Å²) in [5.41, 5.74) is 0.874. The average Bonchev–Trinajstić information content (AvgIpc) is 3.08. The molecule has 1 atom stereocenters. The van der Waals surface area contributed by atoms with Gasteiger partial charge in [0.25, 0.3) is 11.5 Å². The van der Waals surface area contributed by atoms with Crippen molar-refractivity contribution in [1.29, 1.82) is 0 Å². The zero-order valence-corrected chi connectivity index (χ0v) is 14.9. The molecule has 0 bridgehead atoms. The third-order valence-electron chi connectivity index (χ3n) is 4.15. The summed E-state index contributed by atoms with van der Waals surface area (Å²) in [6.07, 6.45) is 0.0179. The maximum absolute atomic E-state index is 12.2. The zero-order valence-electron chi connectivity index (χ0n) is 14.9. The van der Waals surface area contributed by atoms with Crippen LogP contribution in [0, 0.1) is 6.92 Å². The lowest BCUT2D eigenvalue weighted by molar-refractivity contribution is -0.127. The second-order valence-corrected chi connectivity index (χ2v) is 6.08. The van der Waals surface area contributed by atoms with Gasteiger partial charge in [-0.15, -0.1) is 0 Å². The van der Waals surface area contributed by atoms with Crippen molar-refractivity contribution < 1.29 is 19.0 Å². The van der Waals surface area contributed by atoms with Gasteiger partial charge < -0.3 is 24.1 Å². The molecule has 0 saturated heterocycles. The minimum absolute atomic E-state index is 0.0316. The molecule has 1 aliphatic rings. The first-order chi connectivity index (χ1) is 12.5. The molecule has 0 unspecified atom stereocenters. The number of carbonyl (C=O) groups is 1. The number of nitrogens with one attached hydrogen (secondary N) is 1. The molecule has 1 aromatic heterocycles. The molecule has 0 saturated carbocycles. The Bertz CT molecular complexity index is 846. The summed E-state index contributed by atoms with van der Waals surface area (Å²) >= 11 is 0. The fraction of sp³-hybridized carbons (Fsp3) is 0.368. The number of fused-ring (bicyclic) bond motifs is 1. The number of carbonyl (C=O) groups excluding carboxylic acids is 1. The summed E-state index contributed by atoms with van der Waals surface area (Å²) in [4.78, 5) is 24.0. The van der Waals surface area contributed by atoms with Crippen molar-refractivity contribution >= 4 is 5.91 Å². The topological polar surface area (TPSA) is 78.8 Å². The molecular weight excluding hydrogens is 336 g/mol. The standard InChI is InChI=1S/C19H22N2O5/c1-13-5-3-6-18(22)21(13)10-4-9-20-19(23)14(2)26-15-7-8-16-17(11-15)25-12-24-16/h3,5-8,11,14H,4,9-10,12H2,1-2H3,(H,20,23)/t14-/m0/s1. The van der Waals surface area contributed by atoms with E-state index in [1.54, 1.807) is 35.8 Å². The minimum atomic E-state index is -0.642. The highest BCUT2D eigenvalue weighted by atomic mass is 16.7. The largest absolute Gasteiger partial charge is 0.481 e. The van der Waals surface area contributed by atoms with Crippen molar-refractivity contribution in [2.75, 3.05) is 13.3 Å². The molecule has 1 aliphatic heterocycles. The molecule has 1 amide bonds. The molecule has 7 nitrogen and oxygen atoms in total. The number of aromatic nitrogens is 1. The zero-order chi connectivity index (χ0) is 18.5. The second kappa shape index (κ2) is 7.95. The molecule has 0 aliphatic carbocycles. The lowest BCUT2D eigenvalue weighted by Crippen LogP contribution is -2.37. The van der Waals surface area contributed by atoms with Crippen LogP contribution in [0.5, 0.6) is 17.2 Å². The third-order valence-corrected chi connectivity index (χ3v) is 4.15. The second-order valence-electron chi connectivity index (χ2n) is 6.08. The van der Waals surface area contributed by atoms with E-state index in [1.807, 2.05) is 13.0 Å². The number of hydrogen-bond acceptors (Lipinski definition) is 5. The first kappa shape index (κ1) is 17.8. The number of aryl methyl sites for hydroxylation is 1. The van der Waals surface area contributed by atoms with E-state index in [1.165, 1.54) is 6.07 Å². The van der Waals surface area contributed by atoms with Gasteiger partial charge in [-0.05, 0) is 38.5 Å². The van der Waals surface area contributed by atoms with Gasteiger partial charge in [0.15, 0.2) is 17.6 Å². The highest BCUT2D eigenvalue weighted by Crippen LogP contribution is 2.35. The van der Waals surface area contributed by atoms with Gasteiger partial charge in [-0.25, -0.2) is 0 Å². The van der Waals surface area contributed by atoms with Crippen LogP contribution in [0.4, 0.5) is 0 Å². The number of pyridine rings is 1. The monoisotopic (exact) mass is 358 g/mol. The van der Waals surface area contributed by atoms with Gasteiger partial charge in [0.1, 0.15) is 5.75 Å². The summed E-state index contributed by atoms with van der Waals surface area (Å²) in [7, 11) is 0. The molecule has 0 spiro atoms. The van der Waals surface area contributed by atoms with E-state index in [2.05, 4.69) is 5.32 Å². The number of rotatable bonds is 7. The Morgan fingerprint density at radius 1 is 1.27 bits per heavy atom. The highest BCUT2D eigenvalue weighted by Gasteiger charge is 2.18. The lowest BCUT2D eigenvalue weighted by Gasteiger charge is -2.15. The van der Waals surface area contributed by atoms with Crippen LogP contribution in [0.3, 0.4) is 0 Å².